The van der Waals surface area contributed by atoms with Gasteiger partial charge in [-0.15, -0.1) is 11.8 Å². The standard InChI is InChI=1S/C16H23ClN2OS/c1-2-15(12-3-5-13(17)6-4-12)19-16(20)11-21-14-7-9-18-10-8-14/h3-6,14-15,18H,2,7-11H2,1H3,(H,19,20). The highest BCUT2D eigenvalue weighted by Crippen LogP contribution is 2.22. The van der Waals surface area contributed by atoms with Crippen LogP contribution >= 0.6 is 23.4 Å². The molecular formula is C16H23ClN2OS. The van der Waals surface area contributed by atoms with Crippen molar-refractivity contribution in [2.45, 2.75) is 37.5 Å². The van der Waals surface area contributed by atoms with Crippen LogP contribution in [0.2, 0.25) is 5.02 Å². The minimum absolute atomic E-state index is 0.0726. The molecule has 2 N–H and O–H groups in total. The number of carbonyl (C=O) groups excluding carboxylic acids is 1. The van der Waals surface area contributed by atoms with E-state index in [2.05, 4.69) is 17.6 Å². The van der Waals surface area contributed by atoms with Crippen molar-refractivity contribution in [2.75, 3.05) is 18.8 Å². The summed E-state index contributed by atoms with van der Waals surface area (Å²) in [6.07, 6.45) is 3.20. The van der Waals surface area contributed by atoms with Gasteiger partial charge in [0, 0.05) is 10.3 Å². The van der Waals surface area contributed by atoms with Gasteiger partial charge in [-0.3, -0.25) is 4.79 Å². The van der Waals surface area contributed by atoms with Crippen LogP contribution in [0.25, 0.3) is 0 Å². The topological polar surface area (TPSA) is 41.1 Å². The molecule has 5 heteroatoms. The van der Waals surface area contributed by atoms with Gasteiger partial charge < -0.3 is 10.6 Å². The van der Waals surface area contributed by atoms with E-state index in [9.17, 15) is 4.79 Å². The number of nitrogens with one attached hydrogen (secondary N) is 2. The second-order valence-corrected chi connectivity index (χ2v) is 7.07. The van der Waals surface area contributed by atoms with Gasteiger partial charge in [0.2, 0.25) is 5.91 Å². The van der Waals surface area contributed by atoms with E-state index in [1.54, 1.807) is 11.8 Å². The van der Waals surface area contributed by atoms with E-state index in [1.807, 2.05) is 24.3 Å². The van der Waals surface area contributed by atoms with Gasteiger partial charge in [-0.1, -0.05) is 30.7 Å². The highest BCUT2D eigenvalue weighted by molar-refractivity contribution is 8.00. The van der Waals surface area contributed by atoms with Crippen molar-refractivity contribution >= 4 is 29.3 Å². The number of piperidine rings is 1. The van der Waals surface area contributed by atoms with E-state index in [0.29, 0.717) is 11.0 Å². The van der Waals surface area contributed by atoms with E-state index in [4.69, 9.17) is 11.6 Å². The zero-order valence-electron chi connectivity index (χ0n) is 12.4. The molecule has 1 saturated heterocycles. The zero-order chi connectivity index (χ0) is 15.1. The maximum atomic E-state index is 12.1. The summed E-state index contributed by atoms with van der Waals surface area (Å²) in [4.78, 5) is 12.1. The summed E-state index contributed by atoms with van der Waals surface area (Å²) < 4.78 is 0. The molecule has 1 unspecified atom stereocenters. The van der Waals surface area contributed by atoms with E-state index in [0.717, 1.165) is 42.9 Å². The lowest BCUT2D eigenvalue weighted by molar-refractivity contribution is -0.119. The molecule has 1 amide bonds. The Morgan fingerprint density at radius 3 is 2.67 bits per heavy atom. The molecular weight excluding hydrogens is 304 g/mol. The fraction of sp³-hybridized carbons (Fsp3) is 0.562. The maximum absolute atomic E-state index is 12.1. The number of benzene rings is 1. The van der Waals surface area contributed by atoms with E-state index >= 15 is 0 Å². The predicted octanol–water partition coefficient (Wildman–Crippen LogP) is 3.39. The van der Waals surface area contributed by atoms with Gasteiger partial charge in [0.15, 0.2) is 0 Å². The normalized spacial score (nSPS) is 17.4. The SMILES string of the molecule is CCC(NC(=O)CSC1CCNCC1)c1ccc(Cl)cc1. The molecule has 0 bridgehead atoms. The fourth-order valence-electron chi connectivity index (χ4n) is 2.51. The Morgan fingerprint density at radius 2 is 2.05 bits per heavy atom. The van der Waals surface area contributed by atoms with Crippen LogP contribution in [0.3, 0.4) is 0 Å². The molecule has 1 atom stereocenters. The maximum Gasteiger partial charge on any atom is 0.230 e. The number of amides is 1. The third kappa shape index (κ3) is 5.53. The molecule has 1 fully saturated rings. The van der Waals surface area contributed by atoms with Crippen molar-refractivity contribution in [3.05, 3.63) is 34.9 Å². The first-order valence-corrected chi connectivity index (χ1v) is 8.99. The lowest BCUT2D eigenvalue weighted by Crippen LogP contribution is -2.32. The van der Waals surface area contributed by atoms with Crippen LogP contribution in [0, 0.1) is 0 Å². The summed E-state index contributed by atoms with van der Waals surface area (Å²) in [5.41, 5.74) is 1.11. The van der Waals surface area contributed by atoms with Crippen LogP contribution in [0.5, 0.6) is 0 Å². The third-order valence-corrected chi connectivity index (χ3v) is 5.38. The van der Waals surface area contributed by atoms with Crippen LogP contribution in [-0.4, -0.2) is 30.0 Å². The number of carbonyl (C=O) groups is 1. The first-order chi connectivity index (χ1) is 10.2. The summed E-state index contributed by atoms with van der Waals surface area (Å²) in [6, 6.07) is 7.78. The molecule has 0 aromatic heterocycles. The lowest BCUT2D eigenvalue weighted by atomic mass is 10.0. The molecule has 1 aromatic carbocycles. The lowest BCUT2D eigenvalue weighted by Gasteiger charge is -2.22. The molecule has 0 aliphatic carbocycles. The van der Waals surface area contributed by atoms with Gasteiger partial charge in [0.25, 0.3) is 0 Å². The van der Waals surface area contributed by atoms with Crippen LogP contribution in [0.1, 0.15) is 37.8 Å². The third-order valence-electron chi connectivity index (χ3n) is 3.75. The Morgan fingerprint density at radius 1 is 1.38 bits per heavy atom. The van der Waals surface area contributed by atoms with Gasteiger partial charge in [0.1, 0.15) is 0 Å². The van der Waals surface area contributed by atoms with E-state index in [-0.39, 0.29) is 11.9 Å². The number of hydrogen-bond acceptors (Lipinski definition) is 3. The summed E-state index contributed by atoms with van der Waals surface area (Å²) in [6.45, 7) is 4.22. The molecule has 0 spiro atoms. The van der Waals surface area contributed by atoms with Crippen molar-refractivity contribution < 1.29 is 4.79 Å². The molecule has 1 aliphatic rings. The highest BCUT2D eigenvalue weighted by Gasteiger charge is 2.17. The summed E-state index contributed by atoms with van der Waals surface area (Å²) in [5, 5.41) is 7.81. The molecule has 3 nitrogen and oxygen atoms in total. The predicted molar refractivity (Wildman–Crippen MR) is 91.0 cm³/mol. The molecule has 1 aromatic rings. The van der Waals surface area contributed by atoms with Crippen LogP contribution < -0.4 is 10.6 Å². The van der Waals surface area contributed by atoms with Gasteiger partial charge in [-0.05, 0) is 50.0 Å². The number of halogens is 1. The Hall–Kier alpha value is -0.710. The van der Waals surface area contributed by atoms with Crippen molar-refractivity contribution in [1.29, 1.82) is 0 Å². The average Bonchev–Trinajstić information content (AvgIpc) is 2.52. The Balaban J connectivity index is 1.80. The minimum Gasteiger partial charge on any atom is -0.349 e. The van der Waals surface area contributed by atoms with Crippen LogP contribution in [0.15, 0.2) is 24.3 Å². The summed E-state index contributed by atoms with van der Waals surface area (Å²) in [7, 11) is 0. The second kappa shape index (κ2) is 8.66. The Bertz CT molecular complexity index is 446. The first-order valence-electron chi connectivity index (χ1n) is 7.56. The fourth-order valence-corrected chi connectivity index (χ4v) is 3.67. The molecule has 1 heterocycles. The molecule has 0 saturated carbocycles. The monoisotopic (exact) mass is 326 g/mol. The van der Waals surface area contributed by atoms with E-state index < -0.39 is 0 Å². The molecule has 116 valence electrons. The quantitative estimate of drug-likeness (QED) is 0.842. The second-order valence-electron chi connectivity index (χ2n) is 5.34. The Labute approximate surface area is 136 Å². The van der Waals surface area contributed by atoms with Crippen molar-refractivity contribution in [1.82, 2.24) is 10.6 Å². The Kier molecular flexibility index (Phi) is 6.87. The largest absolute Gasteiger partial charge is 0.349 e. The molecule has 21 heavy (non-hydrogen) atoms. The van der Waals surface area contributed by atoms with Gasteiger partial charge >= 0.3 is 0 Å². The summed E-state index contributed by atoms with van der Waals surface area (Å²) >= 11 is 7.69. The summed E-state index contributed by atoms with van der Waals surface area (Å²) in [5.74, 6) is 0.676. The molecule has 0 radical (unpaired) electrons. The van der Waals surface area contributed by atoms with Crippen molar-refractivity contribution in [3.63, 3.8) is 0 Å². The average molecular weight is 327 g/mol. The van der Waals surface area contributed by atoms with Crippen LogP contribution in [0.4, 0.5) is 0 Å². The van der Waals surface area contributed by atoms with Gasteiger partial charge in [-0.25, -0.2) is 0 Å². The zero-order valence-corrected chi connectivity index (χ0v) is 14.0. The molecule has 2 rings (SSSR count). The van der Waals surface area contributed by atoms with Crippen molar-refractivity contribution in [3.8, 4) is 0 Å². The van der Waals surface area contributed by atoms with Crippen molar-refractivity contribution in [2.24, 2.45) is 0 Å². The van der Waals surface area contributed by atoms with E-state index in [1.165, 1.54) is 0 Å². The smallest absolute Gasteiger partial charge is 0.230 e. The minimum atomic E-state index is 0.0726. The van der Waals surface area contributed by atoms with Gasteiger partial charge in [-0.2, -0.15) is 0 Å². The first kappa shape index (κ1) is 16.7. The number of thioether (sulfide) groups is 1. The van der Waals surface area contributed by atoms with Crippen LogP contribution in [-0.2, 0) is 4.79 Å². The molecule has 1 aliphatic heterocycles. The number of rotatable bonds is 6. The van der Waals surface area contributed by atoms with Gasteiger partial charge in [0.05, 0.1) is 11.8 Å². The number of hydrogen-bond donors (Lipinski definition) is 2. The highest BCUT2D eigenvalue weighted by atomic mass is 35.5.